The summed E-state index contributed by atoms with van der Waals surface area (Å²) >= 11 is 0. The van der Waals surface area contributed by atoms with Crippen molar-refractivity contribution in [2.24, 2.45) is 11.8 Å². The third kappa shape index (κ3) is 2.45. The summed E-state index contributed by atoms with van der Waals surface area (Å²) in [5, 5.41) is 0. The number of aryl methyl sites for hydroxylation is 1. The fourth-order valence-corrected chi connectivity index (χ4v) is 2.88. The molecular formula is C14H22N2. The Morgan fingerprint density at radius 2 is 1.88 bits per heavy atom. The zero-order valence-electron chi connectivity index (χ0n) is 10.1. The van der Waals surface area contributed by atoms with E-state index in [0.717, 1.165) is 0 Å². The monoisotopic (exact) mass is 218 g/mol. The molecule has 2 heteroatoms. The molecule has 0 heterocycles. The van der Waals surface area contributed by atoms with Crippen molar-refractivity contribution in [1.29, 1.82) is 0 Å². The number of hydrogen-bond acceptors (Lipinski definition) is 2. The van der Waals surface area contributed by atoms with Gasteiger partial charge in [-0.15, -0.1) is 0 Å². The van der Waals surface area contributed by atoms with E-state index in [1.807, 2.05) is 0 Å². The summed E-state index contributed by atoms with van der Waals surface area (Å²) in [7, 11) is 0. The van der Waals surface area contributed by atoms with Crippen molar-refractivity contribution in [2.75, 3.05) is 0 Å². The van der Waals surface area contributed by atoms with Crippen molar-refractivity contribution >= 4 is 0 Å². The lowest BCUT2D eigenvalue weighted by Gasteiger charge is -2.31. The van der Waals surface area contributed by atoms with Crippen molar-refractivity contribution in [3.05, 3.63) is 35.4 Å². The first-order valence-electron chi connectivity index (χ1n) is 6.34. The maximum Gasteiger partial charge on any atom is 0.0490 e. The SMILES string of the molecule is Cc1ccccc1C(NN)C1CCCCC1. The van der Waals surface area contributed by atoms with E-state index < -0.39 is 0 Å². The number of hydrazine groups is 1. The standard InChI is InChI=1S/C14H22N2/c1-11-7-5-6-10-13(11)14(16-15)12-8-3-2-4-9-12/h5-7,10,12,14,16H,2-4,8-9,15H2,1H3. The van der Waals surface area contributed by atoms with E-state index in [1.165, 1.54) is 43.2 Å². The van der Waals surface area contributed by atoms with Gasteiger partial charge in [0.05, 0.1) is 0 Å². The van der Waals surface area contributed by atoms with Crippen LogP contribution in [-0.2, 0) is 0 Å². The fraction of sp³-hybridized carbons (Fsp3) is 0.571. The van der Waals surface area contributed by atoms with Gasteiger partial charge in [-0.25, -0.2) is 0 Å². The lowest BCUT2D eigenvalue weighted by Crippen LogP contribution is -2.34. The Bertz CT molecular complexity index is 329. The van der Waals surface area contributed by atoms with Crippen LogP contribution in [0.15, 0.2) is 24.3 Å². The zero-order valence-corrected chi connectivity index (χ0v) is 10.1. The Morgan fingerprint density at radius 1 is 1.19 bits per heavy atom. The first kappa shape index (κ1) is 11.6. The van der Waals surface area contributed by atoms with E-state index in [0.29, 0.717) is 12.0 Å². The molecule has 2 nitrogen and oxygen atoms in total. The summed E-state index contributed by atoms with van der Waals surface area (Å²) in [6, 6.07) is 8.90. The van der Waals surface area contributed by atoms with E-state index in [4.69, 9.17) is 5.84 Å². The lowest BCUT2D eigenvalue weighted by molar-refractivity contribution is 0.273. The van der Waals surface area contributed by atoms with E-state index in [-0.39, 0.29) is 0 Å². The van der Waals surface area contributed by atoms with Gasteiger partial charge >= 0.3 is 0 Å². The summed E-state index contributed by atoms with van der Waals surface area (Å²) in [4.78, 5) is 0. The largest absolute Gasteiger partial charge is 0.271 e. The van der Waals surface area contributed by atoms with Crippen molar-refractivity contribution in [2.45, 2.75) is 45.1 Å². The molecule has 88 valence electrons. The Morgan fingerprint density at radius 3 is 2.50 bits per heavy atom. The van der Waals surface area contributed by atoms with Gasteiger partial charge in [0.25, 0.3) is 0 Å². The van der Waals surface area contributed by atoms with Crippen LogP contribution in [0.4, 0.5) is 0 Å². The fourth-order valence-electron chi connectivity index (χ4n) is 2.88. The van der Waals surface area contributed by atoms with Crippen LogP contribution in [0.5, 0.6) is 0 Å². The number of nitrogens with two attached hydrogens (primary N) is 1. The molecule has 0 aromatic heterocycles. The second-order valence-electron chi connectivity index (χ2n) is 4.90. The Balaban J connectivity index is 2.18. The first-order valence-corrected chi connectivity index (χ1v) is 6.34. The molecule has 0 saturated heterocycles. The van der Waals surface area contributed by atoms with Crippen LogP contribution < -0.4 is 11.3 Å². The quantitative estimate of drug-likeness (QED) is 0.604. The van der Waals surface area contributed by atoms with Crippen LogP contribution in [0, 0.1) is 12.8 Å². The normalized spacial score (nSPS) is 19.6. The minimum absolute atomic E-state index is 0.335. The van der Waals surface area contributed by atoms with Crippen molar-refractivity contribution in [3.8, 4) is 0 Å². The van der Waals surface area contributed by atoms with Crippen molar-refractivity contribution < 1.29 is 0 Å². The summed E-state index contributed by atoms with van der Waals surface area (Å²) in [6.07, 6.45) is 6.72. The van der Waals surface area contributed by atoms with Gasteiger partial charge in [-0.2, -0.15) is 0 Å². The van der Waals surface area contributed by atoms with Gasteiger partial charge in [-0.1, -0.05) is 43.5 Å². The summed E-state index contributed by atoms with van der Waals surface area (Å²) in [6.45, 7) is 2.17. The molecule has 3 N–H and O–H groups in total. The van der Waals surface area contributed by atoms with Gasteiger partial charge in [-0.3, -0.25) is 11.3 Å². The number of nitrogens with one attached hydrogen (secondary N) is 1. The predicted octanol–water partition coefficient (Wildman–Crippen LogP) is 3.08. The minimum Gasteiger partial charge on any atom is -0.271 e. The van der Waals surface area contributed by atoms with Crippen LogP contribution in [0.2, 0.25) is 0 Å². The predicted molar refractivity (Wildman–Crippen MR) is 67.8 cm³/mol. The zero-order chi connectivity index (χ0) is 11.4. The van der Waals surface area contributed by atoms with Gasteiger partial charge in [0.15, 0.2) is 0 Å². The molecule has 1 unspecified atom stereocenters. The van der Waals surface area contributed by atoms with Crippen LogP contribution in [0.25, 0.3) is 0 Å². The lowest BCUT2D eigenvalue weighted by atomic mass is 9.80. The van der Waals surface area contributed by atoms with Crippen LogP contribution >= 0.6 is 0 Å². The minimum atomic E-state index is 0.335. The average molecular weight is 218 g/mol. The molecule has 0 radical (unpaired) electrons. The van der Waals surface area contributed by atoms with Gasteiger partial charge in [0.1, 0.15) is 0 Å². The molecule has 0 bridgehead atoms. The highest BCUT2D eigenvalue weighted by Crippen LogP contribution is 2.34. The molecule has 0 amide bonds. The van der Waals surface area contributed by atoms with Crippen LogP contribution in [0.1, 0.15) is 49.3 Å². The molecular weight excluding hydrogens is 196 g/mol. The van der Waals surface area contributed by atoms with Crippen molar-refractivity contribution in [3.63, 3.8) is 0 Å². The average Bonchev–Trinajstić information content (AvgIpc) is 2.34. The van der Waals surface area contributed by atoms with Gasteiger partial charge in [0.2, 0.25) is 0 Å². The molecule has 2 rings (SSSR count). The van der Waals surface area contributed by atoms with E-state index in [9.17, 15) is 0 Å². The second kappa shape index (κ2) is 5.46. The number of hydrogen-bond donors (Lipinski definition) is 2. The second-order valence-corrected chi connectivity index (χ2v) is 4.90. The van der Waals surface area contributed by atoms with E-state index in [2.05, 4.69) is 36.6 Å². The third-order valence-corrected chi connectivity index (χ3v) is 3.82. The molecule has 1 aliphatic carbocycles. The Labute approximate surface area is 98.2 Å². The maximum atomic E-state index is 5.75. The van der Waals surface area contributed by atoms with Gasteiger partial charge in [0, 0.05) is 6.04 Å². The Hall–Kier alpha value is -0.860. The van der Waals surface area contributed by atoms with Crippen molar-refractivity contribution in [1.82, 2.24) is 5.43 Å². The Kier molecular flexibility index (Phi) is 3.97. The highest BCUT2D eigenvalue weighted by molar-refractivity contribution is 5.29. The number of rotatable bonds is 3. The number of benzene rings is 1. The molecule has 1 atom stereocenters. The first-order chi connectivity index (χ1) is 7.83. The topological polar surface area (TPSA) is 38.0 Å². The molecule has 1 aromatic carbocycles. The van der Waals surface area contributed by atoms with E-state index in [1.54, 1.807) is 0 Å². The maximum absolute atomic E-state index is 5.75. The summed E-state index contributed by atoms with van der Waals surface area (Å²) in [5.41, 5.74) is 5.74. The highest BCUT2D eigenvalue weighted by atomic mass is 15.2. The molecule has 16 heavy (non-hydrogen) atoms. The van der Waals surface area contributed by atoms with Gasteiger partial charge in [-0.05, 0) is 36.8 Å². The molecule has 0 spiro atoms. The third-order valence-electron chi connectivity index (χ3n) is 3.82. The van der Waals surface area contributed by atoms with E-state index >= 15 is 0 Å². The highest BCUT2D eigenvalue weighted by Gasteiger charge is 2.24. The molecule has 1 aliphatic rings. The smallest absolute Gasteiger partial charge is 0.0490 e. The molecule has 0 aliphatic heterocycles. The van der Waals surface area contributed by atoms with Gasteiger partial charge < -0.3 is 0 Å². The molecule has 1 fully saturated rings. The van der Waals surface area contributed by atoms with Crippen LogP contribution in [0.3, 0.4) is 0 Å². The molecule has 1 aromatic rings. The molecule has 1 saturated carbocycles. The summed E-state index contributed by atoms with van der Waals surface area (Å²) < 4.78 is 0. The van der Waals surface area contributed by atoms with Crippen LogP contribution in [-0.4, -0.2) is 0 Å². The summed E-state index contributed by atoms with van der Waals surface area (Å²) in [5.74, 6) is 6.46.